The van der Waals surface area contributed by atoms with Crippen LogP contribution in [-0.2, 0) is 11.3 Å². The maximum absolute atomic E-state index is 12.3. The second-order valence-corrected chi connectivity index (χ2v) is 7.05. The Labute approximate surface area is 165 Å². The van der Waals surface area contributed by atoms with Crippen LogP contribution in [0.15, 0.2) is 53.9 Å². The average Bonchev–Trinajstić information content (AvgIpc) is 2.58. The Morgan fingerprint density at radius 2 is 1.96 bits per heavy atom. The first-order valence-corrected chi connectivity index (χ1v) is 8.62. The van der Waals surface area contributed by atoms with Crippen molar-refractivity contribution >= 4 is 40.1 Å². The van der Waals surface area contributed by atoms with Crippen molar-refractivity contribution in [1.29, 1.82) is 0 Å². The monoisotopic (exact) mass is 439 g/mol. The summed E-state index contributed by atoms with van der Waals surface area (Å²) in [4.78, 5) is 23.7. The smallest absolute Gasteiger partial charge is 0.253 e. The number of carbonyl (C=O) groups is 2. The Bertz CT molecular complexity index is 827. The van der Waals surface area contributed by atoms with Gasteiger partial charge in [-0.3, -0.25) is 9.59 Å². The highest BCUT2D eigenvalue weighted by atomic mass is 79.9. The van der Waals surface area contributed by atoms with Crippen molar-refractivity contribution < 1.29 is 31.1 Å². The number of aromatic nitrogens is 1. The first-order chi connectivity index (χ1) is 11.5. The Balaban J connectivity index is 0.00000225. The van der Waals surface area contributed by atoms with Crippen molar-refractivity contribution in [2.45, 2.75) is 18.7 Å². The number of hydrogen-bond donors (Lipinski definition) is 1. The highest BCUT2D eigenvalue weighted by Crippen LogP contribution is 2.21. The zero-order valence-corrected chi connectivity index (χ0v) is 16.4. The minimum atomic E-state index is -0.174. The van der Waals surface area contributed by atoms with E-state index in [1.54, 1.807) is 28.8 Å². The van der Waals surface area contributed by atoms with Gasteiger partial charge < -0.3 is 17.0 Å². The molecule has 3 rings (SSSR count). The predicted octanol–water partition coefficient (Wildman–Crippen LogP) is -0.572. The highest BCUT2D eigenvalue weighted by Gasteiger charge is 2.23. The molecule has 0 saturated heterocycles. The zero-order valence-electron chi connectivity index (χ0n) is 13.3. The highest BCUT2D eigenvalue weighted by molar-refractivity contribution is 8.15. The molecule has 25 heavy (non-hydrogen) atoms. The summed E-state index contributed by atoms with van der Waals surface area (Å²) in [5, 5.41) is 5.11. The van der Waals surface area contributed by atoms with E-state index in [4.69, 9.17) is 11.6 Å². The number of nitrogens with zero attached hydrogens (tertiary/aromatic N) is 2. The molecule has 130 valence electrons. The van der Waals surface area contributed by atoms with Crippen molar-refractivity contribution in [3.8, 4) is 0 Å². The fraction of sp³-hybridized carbons (Fsp3) is 0.176. The van der Waals surface area contributed by atoms with Crippen LogP contribution < -0.4 is 27.0 Å². The molecule has 1 N–H and O–H groups in total. The van der Waals surface area contributed by atoms with Gasteiger partial charge in [0.1, 0.15) is 5.04 Å². The van der Waals surface area contributed by atoms with Crippen LogP contribution in [0.25, 0.3) is 0 Å². The van der Waals surface area contributed by atoms with E-state index in [-0.39, 0.29) is 40.5 Å². The topological polar surface area (TPSA) is 62.4 Å². The molecular weight excluding hydrogens is 426 g/mol. The Hall–Kier alpha value is -1.70. The van der Waals surface area contributed by atoms with Crippen LogP contribution in [0.4, 0.5) is 0 Å². The van der Waals surface area contributed by atoms with Gasteiger partial charge in [0.2, 0.25) is 12.3 Å². The van der Waals surface area contributed by atoms with Gasteiger partial charge in [0.15, 0.2) is 12.4 Å². The Morgan fingerprint density at radius 1 is 1.28 bits per heavy atom. The molecule has 0 saturated carbocycles. The number of amides is 1. The summed E-state index contributed by atoms with van der Waals surface area (Å²) in [6.07, 6.45) is 3.63. The number of nitrogens with one attached hydrogen (secondary N) is 1. The Kier molecular flexibility index (Phi) is 6.75. The van der Waals surface area contributed by atoms with E-state index in [1.807, 2.05) is 31.5 Å². The van der Waals surface area contributed by atoms with Gasteiger partial charge in [-0.1, -0.05) is 35.5 Å². The SMILES string of the molecule is CC1SC(c2cc[n+](CC(=O)c3ccccc3Cl)cc2)=NNC1=O.[Br-]. The van der Waals surface area contributed by atoms with Gasteiger partial charge in [-0.15, -0.1) is 0 Å². The lowest BCUT2D eigenvalue weighted by atomic mass is 10.1. The van der Waals surface area contributed by atoms with E-state index in [2.05, 4.69) is 10.5 Å². The molecule has 0 aliphatic carbocycles. The minimum Gasteiger partial charge on any atom is -1.00 e. The minimum absolute atomic E-state index is 0. The standard InChI is InChI=1S/C17H14ClN3O2S.BrH/c1-11-16(23)19-20-17(24-11)12-6-8-21(9-7-12)10-15(22)13-4-2-3-5-14(13)18;/h2-9,11H,10H2,1H3;1H. The van der Waals surface area contributed by atoms with Crippen LogP contribution in [-0.4, -0.2) is 22.0 Å². The number of halogens is 2. The van der Waals surface area contributed by atoms with Crippen molar-refractivity contribution in [2.24, 2.45) is 5.10 Å². The van der Waals surface area contributed by atoms with E-state index >= 15 is 0 Å². The molecule has 0 spiro atoms. The number of hydrazone groups is 1. The molecule has 1 aliphatic rings. The second kappa shape index (κ2) is 8.60. The number of ketones is 1. The molecule has 1 aromatic heterocycles. The van der Waals surface area contributed by atoms with Crippen LogP contribution in [0.5, 0.6) is 0 Å². The molecule has 8 heteroatoms. The number of carbonyl (C=O) groups excluding carboxylic acids is 2. The van der Waals surface area contributed by atoms with Crippen LogP contribution in [0.2, 0.25) is 5.02 Å². The molecule has 5 nitrogen and oxygen atoms in total. The summed E-state index contributed by atoms with van der Waals surface area (Å²) in [5.41, 5.74) is 3.92. The summed E-state index contributed by atoms with van der Waals surface area (Å²) in [6, 6.07) is 10.8. The molecular formula is C17H15BrClN3O2S. The van der Waals surface area contributed by atoms with Gasteiger partial charge in [0.05, 0.1) is 10.3 Å². The maximum atomic E-state index is 12.3. The van der Waals surface area contributed by atoms with E-state index < -0.39 is 0 Å². The fourth-order valence-electron chi connectivity index (χ4n) is 2.22. The number of hydrogen-bond acceptors (Lipinski definition) is 4. The zero-order chi connectivity index (χ0) is 17.1. The van der Waals surface area contributed by atoms with Crippen LogP contribution >= 0.6 is 23.4 Å². The molecule has 2 aromatic rings. The number of rotatable bonds is 4. The van der Waals surface area contributed by atoms with Crippen molar-refractivity contribution in [1.82, 2.24) is 5.43 Å². The predicted molar refractivity (Wildman–Crippen MR) is 94.2 cm³/mol. The summed E-state index contributed by atoms with van der Waals surface area (Å²) in [7, 11) is 0. The third kappa shape index (κ3) is 4.68. The van der Waals surface area contributed by atoms with Gasteiger partial charge in [-0.2, -0.15) is 9.67 Å². The largest absolute Gasteiger partial charge is 1.00 e. The van der Waals surface area contributed by atoms with Gasteiger partial charge in [-0.25, -0.2) is 5.43 Å². The van der Waals surface area contributed by atoms with E-state index in [9.17, 15) is 9.59 Å². The van der Waals surface area contributed by atoms with E-state index in [1.165, 1.54) is 11.8 Å². The first kappa shape index (κ1) is 19.6. The molecule has 1 amide bonds. The van der Waals surface area contributed by atoms with Crippen molar-refractivity contribution in [2.75, 3.05) is 0 Å². The number of Topliss-reactive ketones (excluding diaryl/α,β-unsaturated/α-hetero) is 1. The van der Waals surface area contributed by atoms with Gasteiger partial charge in [0, 0.05) is 23.3 Å². The normalized spacial score (nSPS) is 16.5. The van der Waals surface area contributed by atoms with E-state index in [0.29, 0.717) is 10.6 Å². The maximum Gasteiger partial charge on any atom is 0.253 e. The molecule has 0 fully saturated rings. The lowest BCUT2D eigenvalue weighted by Crippen LogP contribution is -3.00. The second-order valence-electron chi connectivity index (χ2n) is 5.32. The van der Waals surface area contributed by atoms with Gasteiger partial charge in [-0.05, 0) is 19.1 Å². The first-order valence-electron chi connectivity index (χ1n) is 7.36. The molecule has 1 aliphatic heterocycles. The summed E-state index contributed by atoms with van der Waals surface area (Å²) in [6.45, 7) is 2.04. The molecule has 0 bridgehead atoms. The average molecular weight is 441 g/mol. The third-order valence-corrected chi connectivity index (χ3v) is 5.01. The number of benzene rings is 1. The fourth-order valence-corrected chi connectivity index (χ4v) is 3.33. The summed E-state index contributed by atoms with van der Waals surface area (Å²) in [5.74, 6) is -0.149. The van der Waals surface area contributed by atoms with E-state index in [0.717, 1.165) is 10.6 Å². The van der Waals surface area contributed by atoms with Crippen molar-refractivity contribution in [3.05, 3.63) is 64.9 Å². The Morgan fingerprint density at radius 3 is 2.60 bits per heavy atom. The quantitative estimate of drug-likeness (QED) is 0.512. The lowest BCUT2D eigenvalue weighted by molar-refractivity contribution is -0.683. The van der Waals surface area contributed by atoms with Gasteiger partial charge in [0.25, 0.3) is 5.91 Å². The van der Waals surface area contributed by atoms with Gasteiger partial charge >= 0.3 is 0 Å². The molecule has 0 radical (unpaired) electrons. The number of thioether (sulfide) groups is 1. The van der Waals surface area contributed by atoms with Crippen LogP contribution in [0, 0.1) is 0 Å². The third-order valence-electron chi connectivity index (χ3n) is 3.56. The molecule has 1 aromatic carbocycles. The summed E-state index contributed by atoms with van der Waals surface area (Å²) >= 11 is 7.46. The van der Waals surface area contributed by atoms with Crippen LogP contribution in [0.1, 0.15) is 22.8 Å². The molecule has 1 unspecified atom stereocenters. The lowest BCUT2D eigenvalue weighted by Gasteiger charge is -2.16. The summed E-state index contributed by atoms with van der Waals surface area (Å²) < 4.78 is 1.78. The van der Waals surface area contributed by atoms with Crippen molar-refractivity contribution in [3.63, 3.8) is 0 Å². The van der Waals surface area contributed by atoms with Crippen LogP contribution in [0.3, 0.4) is 0 Å². The molecule has 1 atom stereocenters. The number of pyridine rings is 1. The molecule has 2 heterocycles.